The van der Waals surface area contributed by atoms with Gasteiger partial charge in [0.05, 0.1) is 11.4 Å². The van der Waals surface area contributed by atoms with Gasteiger partial charge in [0.25, 0.3) is 5.91 Å². The summed E-state index contributed by atoms with van der Waals surface area (Å²) in [5.41, 5.74) is 2.79. The molecule has 0 unspecified atom stereocenters. The van der Waals surface area contributed by atoms with Crippen molar-refractivity contribution in [2.24, 2.45) is 0 Å². The first kappa shape index (κ1) is 17.4. The van der Waals surface area contributed by atoms with Crippen molar-refractivity contribution in [2.75, 3.05) is 16.6 Å². The van der Waals surface area contributed by atoms with E-state index < -0.39 is 10.0 Å². The molecule has 7 heteroatoms. The molecular weight excluding hydrogens is 338 g/mol. The summed E-state index contributed by atoms with van der Waals surface area (Å²) in [6.45, 7) is 2.69. The van der Waals surface area contributed by atoms with Gasteiger partial charge in [0.2, 0.25) is 10.0 Å². The van der Waals surface area contributed by atoms with Crippen LogP contribution < -0.4 is 9.62 Å². The van der Waals surface area contributed by atoms with Gasteiger partial charge in [0.1, 0.15) is 0 Å². The third-order valence-electron chi connectivity index (χ3n) is 4.27. The SMILES string of the molecule is Cc1ccc(C(=O)NCc2cccnc2)cc1N1CCCCS1(=O)=O. The summed E-state index contributed by atoms with van der Waals surface area (Å²) in [6, 6.07) is 8.87. The molecule has 1 aromatic heterocycles. The van der Waals surface area contributed by atoms with Crippen LogP contribution in [0.2, 0.25) is 0 Å². The molecular formula is C18H21N3O3S. The van der Waals surface area contributed by atoms with E-state index in [0.717, 1.165) is 17.5 Å². The lowest BCUT2D eigenvalue weighted by molar-refractivity contribution is 0.0951. The summed E-state index contributed by atoms with van der Waals surface area (Å²) in [5.74, 6) is -0.0799. The topological polar surface area (TPSA) is 79.4 Å². The molecule has 132 valence electrons. The van der Waals surface area contributed by atoms with E-state index in [-0.39, 0.29) is 11.7 Å². The standard InChI is InChI=1S/C18H21N3O3S/c1-14-6-7-16(18(22)20-13-15-5-4-8-19-12-15)11-17(14)21-9-2-3-10-25(21,23)24/h4-8,11-12H,2-3,9-10,13H2,1H3,(H,20,22). The van der Waals surface area contributed by atoms with Gasteiger partial charge in [0.15, 0.2) is 0 Å². The van der Waals surface area contributed by atoms with Gasteiger partial charge in [-0.25, -0.2) is 8.42 Å². The molecule has 0 radical (unpaired) electrons. The summed E-state index contributed by atoms with van der Waals surface area (Å²) in [7, 11) is -3.30. The Labute approximate surface area is 147 Å². The van der Waals surface area contributed by atoms with E-state index in [4.69, 9.17) is 0 Å². The van der Waals surface area contributed by atoms with Crippen LogP contribution in [0.1, 0.15) is 34.3 Å². The number of hydrogen-bond acceptors (Lipinski definition) is 4. The molecule has 0 spiro atoms. The van der Waals surface area contributed by atoms with Gasteiger partial charge in [-0.1, -0.05) is 12.1 Å². The highest BCUT2D eigenvalue weighted by atomic mass is 32.2. The number of carbonyl (C=O) groups excluding carboxylic acids is 1. The van der Waals surface area contributed by atoms with Crippen molar-refractivity contribution < 1.29 is 13.2 Å². The van der Waals surface area contributed by atoms with Crippen molar-refractivity contribution in [3.63, 3.8) is 0 Å². The molecule has 6 nitrogen and oxygen atoms in total. The Bertz CT molecular complexity index is 866. The van der Waals surface area contributed by atoms with Gasteiger partial charge in [-0.2, -0.15) is 0 Å². The molecule has 1 aliphatic rings. The monoisotopic (exact) mass is 359 g/mol. The number of hydrogen-bond donors (Lipinski definition) is 1. The molecule has 1 saturated heterocycles. The van der Waals surface area contributed by atoms with Crippen molar-refractivity contribution >= 4 is 21.6 Å². The van der Waals surface area contributed by atoms with Gasteiger partial charge in [-0.3, -0.25) is 14.1 Å². The number of benzene rings is 1. The minimum atomic E-state index is -3.30. The fourth-order valence-corrected chi connectivity index (χ4v) is 4.56. The average molecular weight is 359 g/mol. The highest BCUT2D eigenvalue weighted by molar-refractivity contribution is 7.92. The Morgan fingerprint density at radius 1 is 1.28 bits per heavy atom. The summed E-state index contributed by atoms with van der Waals surface area (Å²) >= 11 is 0. The van der Waals surface area contributed by atoms with Crippen LogP contribution in [0, 0.1) is 6.92 Å². The minimum Gasteiger partial charge on any atom is -0.348 e. The quantitative estimate of drug-likeness (QED) is 0.908. The maximum Gasteiger partial charge on any atom is 0.251 e. The van der Waals surface area contributed by atoms with Gasteiger partial charge >= 0.3 is 0 Å². The lowest BCUT2D eigenvalue weighted by atomic mass is 10.1. The van der Waals surface area contributed by atoms with Gasteiger partial charge in [0, 0.05) is 31.0 Å². The molecule has 1 N–H and O–H groups in total. The zero-order valence-corrected chi connectivity index (χ0v) is 14.9. The molecule has 25 heavy (non-hydrogen) atoms. The highest BCUT2D eigenvalue weighted by Crippen LogP contribution is 2.28. The molecule has 3 rings (SSSR count). The van der Waals surface area contributed by atoms with E-state index in [9.17, 15) is 13.2 Å². The third-order valence-corrected chi connectivity index (χ3v) is 6.12. The molecule has 1 fully saturated rings. The lowest BCUT2D eigenvalue weighted by Crippen LogP contribution is -2.38. The van der Waals surface area contributed by atoms with Crippen molar-refractivity contribution in [1.82, 2.24) is 10.3 Å². The molecule has 2 aromatic rings. The van der Waals surface area contributed by atoms with Gasteiger partial charge in [-0.05, 0) is 49.1 Å². The number of anilines is 1. The predicted octanol–water partition coefficient (Wildman–Crippen LogP) is 2.25. The molecule has 1 aromatic carbocycles. The van der Waals surface area contributed by atoms with E-state index in [1.807, 2.05) is 19.1 Å². The smallest absolute Gasteiger partial charge is 0.251 e. The van der Waals surface area contributed by atoms with Crippen molar-refractivity contribution in [1.29, 1.82) is 0 Å². The van der Waals surface area contributed by atoms with E-state index in [1.165, 1.54) is 4.31 Å². The number of carbonyl (C=O) groups is 1. The first-order valence-corrected chi connectivity index (χ1v) is 9.86. The number of aromatic nitrogens is 1. The Morgan fingerprint density at radius 2 is 2.12 bits per heavy atom. The minimum absolute atomic E-state index is 0.157. The number of sulfonamides is 1. The lowest BCUT2D eigenvalue weighted by Gasteiger charge is -2.29. The van der Waals surface area contributed by atoms with Gasteiger partial charge < -0.3 is 5.32 Å². The zero-order chi connectivity index (χ0) is 17.9. The highest BCUT2D eigenvalue weighted by Gasteiger charge is 2.27. The van der Waals surface area contributed by atoms with Crippen LogP contribution in [-0.4, -0.2) is 31.6 Å². The molecule has 0 aliphatic carbocycles. The maximum absolute atomic E-state index is 12.4. The average Bonchev–Trinajstić information content (AvgIpc) is 2.61. The second kappa shape index (κ2) is 7.23. The normalized spacial score (nSPS) is 16.4. The molecule has 1 amide bonds. The van der Waals surface area contributed by atoms with E-state index in [1.54, 1.807) is 30.6 Å². The maximum atomic E-state index is 12.4. The van der Waals surface area contributed by atoms with Crippen LogP contribution >= 0.6 is 0 Å². The van der Waals surface area contributed by atoms with Gasteiger partial charge in [-0.15, -0.1) is 0 Å². The summed E-state index contributed by atoms with van der Waals surface area (Å²) in [6.07, 6.45) is 4.89. The van der Waals surface area contributed by atoms with Crippen LogP contribution in [0.3, 0.4) is 0 Å². The second-order valence-electron chi connectivity index (χ2n) is 6.14. The van der Waals surface area contributed by atoms with E-state index in [0.29, 0.717) is 30.8 Å². The number of nitrogens with zero attached hydrogens (tertiary/aromatic N) is 2. The Kier molecular flexibility index (Phi) is 5.03. The predicted molar refractivity (Wildman–Crippen MR) is 97.0 cm³/mol. The first-order valence-electron chi connectivity index (χ1n) is 8.25. The van der Waals surface area contributed by atoms with Crippen molar-refractivity contribution in [3.8, 4) is 0 Å². The fraction of sp³-hybridized carbons (Fsp3) is 0.333. The first-order chi connectivity index (χ1) is 12.0. The van der Waals surface area contributed by atoms with Crippen LogP contribution in [0.25, 0.3) is 0 Å². The summed E-state index contributed by atoms with van der Waals surface area (Å²) < 4.78 is 26.1. The Balaban J connectivity index is 1.80. The number of nitrogens with one attached hydrogen (secondary N) is 1. The van der Waals surface area contributed by atoms with Crippen LogP contribution in [-0.2, 0) is 16.6 Å². The van der Waals surface area contributed by atoms with Crippen LogP contribution in [0.4, 0.5) is 5.69 Å². The number of rotatable bonds is 4. The Morgan fingerprint density at radius 3 is 2.84 bits per heavy atom. The fourth-order valence-electron chi connectivity index (χ4n) is 2.87. The van der Waals surface area contributed by atoms with Crippen LogP contribution in [0.15, 0.2) is 42.7 Å². The van der Waals surface area contributed by atoms with E-state index >= 15 is 0 Å². The molecule has 2 heterocycles. The summed E-state index contributed by atoms with van der Waals surface area (Å²) in [5, 5.41) is 2.84. The number of aryl methyl sites for hydroxylation is 1. The number of amides is 1. The zero-order valence-electron chi connectivity index (χ0n) is 14.1. The van der Waals surface area contributed by atoms with Crippen LogP contribution in [0.5, 0.6) is 0 Å². The molecule has 1 aliphatic heterocycles. The molecule has 0 atom stereocenters. The summed E-state index contributed by atoms with van der Waals surface area (Å²) in [4.78, 5) is 16.4. The third kappa shape index (κ3) is 3.99. The molecule has 0 saturated carbocycles. The Hall–Kier alpha value is -2.41. The van der Waals surface area contributed by atoms with Crippen molar-refractivity contribution in [2.45, 2.75) is 26.3 Å². The number of pyridine rings is 1. The van der Waals surface area contributed by atoms with Crippen molar-refractivity contribution in [3.05, 3.63) is 59.4 Å². The second-order valence-corrected chi connectivity index (χ2v) is 8.15. The van der Waals surface area contributed by atoms with E-state index in [2.05, 4.69) is 10.3 Å². The molecule has 0 bridgehead atoms. The largest absolute Gasteiger partial charge is 0.348 e.